The molecule has 4 heterocycles. The molecule has 0 aliphatic carbocycles. The summed E-state index contributed by atoms with van der Waals surface area (Å²) in [6.07, 6.45) is 6.50. The lowest BCUT2D eigenvalue weighted by atomic mass is 9.79. The zero-order chi connectivity index (χ0) is 15.8. The van der Waals surface area contributed by atoms with Crippen molar-refractivity contribution >= 4 is 21.6 Å². The second-order valence-electron chi connectivity index (χ2n) is 6.82. The third kappa shape index (κ3) is 1.67. The molecule has 4 aliphatic rings. The van der Waals surface area contributed by atoms with E-state index in [9.17, 15) is 0 Å². The Hall–Kier alpha value is -1.33. The van der Waals surface area contributed by atoms with Crippen molar-refractivity contribution in [3.8, 4) is 11.5 Å². The van der Waals surface area contributed by atoms with Gasteiger partial charge in [0, 0.05) is 12.8 Å². The fourth-order valence-electron chi connectivity index (χ4n) is 4.73. The molecule has 0 N–H and O–H groups in total. The predicted molar refractivity (Wildman–Crippen MR) is 90.1 cm³/mol. The fourth-order valence-corrected chi connectivity index (χ4v) is 5.52. The van der Waals surface area contributed by atoms with Crippen LogP contribution in [0.1, 0.15) is 17.5 Å². The highest BCUT2D eigenvalue weighted by molar-refractivity contribution is 9.10. The molecule has 3 atom stereocenters. The molecule has 1 saturated heterocycles. The molecule has 4 nitrogen and oxygen atoms in total. The van der Waals surface area contributed by atoms with Crippen molar-refractivity contribution in [3.05, 3.63) is 35.4 Å². The van der Waals surface area contributed by atoms with Crippen molar-refractivity contribution in [2.45, 2.75) is 23.0 Å². The first kappa shape index (κ1) is 14.1. The summed E-state index contributed by atoms with van der Waals surface area (Å²) in [5.74, 6) is 2.10. The summed E-state index contributed by atoms with van der Waals surface area (Å²) in [4.78, 5) is 0. The van der Waals surface area contributed by atoms with Crippen molar-refractivity contribution in [1.29, 1.82) is 0 Å². The number of fused-ring (bicyclic) bond motifs is 3. The molecule has 2 bridgehead atoms. The van der Waals surface area contributed by atoms with Gasteiger partial charge in [0.1, 0.15) is 17.6 Å². The fraction of sp³-hybridized carbons (Fsp3) is 0.500. The molecule has 0 radical (unpaired) electrons. The number of hydrogen-bond acceptors (Lipinski definition) is 3. The molecule has 0 aromatic heterocycles. The molecule has 1 aromatic carbocycles. The Morgan fingerprint density at radius 2 is 2.00 bits per heavy atom. The highest BCUT2D eigenvalue weighted by Gasteiger charge is 2.67. The van der Waals surface area contributed by atoms with Crippen LogP contribution in [0.15, 0.2) is 24.3 Å². The Labute approximate surface area is 143 Å². The van der Waals surface area contributed by atoms with Gasteiger partial charge in [-0.25, -0.2) is 4.58 Å². The summed E-state index contributed by atoms with van der Waals surface area (Å²) in [6.45, 7) is 2.11. The maximum absolute atomic E-state index is 6.48. The highest BCUT2D eigenvalue weighted by atomic mass is 79.9. The van der Waals surface area contributed by atoms with Crippen LogP contribution in [0.3, 0.4) is 0 Å². The van der Waals surface area contributed by atoms with Gasteiger partial charge in [-0.1, -0.05) is 0 Å². The molecule has 1 fully saturated rings. The van der Waals surface area contributed by atoms with E-state index in [1.165, 1.54) is 16.8 Å². The molecule has 23 heavy (non-hydrogen) atoms. The zero-order valence-electron chi connectivity index (χ0n) is 13.3. The van der Waals surface area contributed by atoms with Crippen LogP contribution < -0.4 is 9.47 Å². The number of nitrogens with zero attached hydrogens (tertiary/aromatic N) is 1. The summed E-state index contributed by atoms with van der Waals surface area (Å²) in [7, 11) is 3.38. The van der Waals surface area contributed by atoms with Gasteiger partial charge in [-0.15, -0.1) is 0 Å². The third-order valence-electron chi connectivity index (χ3n) is 5.69. The average Bonchev–Trinajstić information content (AvgIpc) is 3.14. The van der Waals surface area contributed by atoms with Gasteiger partial charge in [0.15, 0.2) is 17.1 Å². The molecular formula is C18H19BrNO3+. The number of rotatable bonds is 2. The number of alkyl halides is 1. The van der Waals surface area contributed by atoms with Crippen molar-refractivity contribution in [2.75, 3.05) is 27.3 Å². The van der Waals surface area contributed by atoms with E-state index in [4.69, 9.17) is 14.2 Å². The second-order valence-corrected chi connectivity index (χ2v) is 8.17. The molecule has 5 heteroatoms. The van der Waals surface area contributed by atoms with Crippen LogP contribution in [-0.4, -0.2) is 47.7 Å². The van der Waals surface area contributed by atoms with Gasteiger partial charge in [0.25, 0.3) is 0 Å². The van der Waals surface area contributed by atoms with E-state index in [1.807, 2.05) is 0 Å². The molecule has 4 aliphatic heterocycles. The van der Waals surface area contributed by atoms with Crippen LogP contribution in [0, 0.1) is 5.92 Å². The minimum Gasteiger partial charge on any atom is -0.493 e. The molecule has 1 aromatic rings. The minimum absolute atomic E-state index is 0.273. The Morgan fingerprint density at radius 1 is 1.22 bits per heavy atom. The molecule has 0 saturated carbocycles. The summed E-state index contributed by atoms with van der Waals surface area (Å²) in [5, 5.41) is 0. The first-order chi connectivity index (χ1) is 11.1. The number of methoxy groups -OCH3 is 2. The number of ether oxygens (including phenoxy) is 3. The Balaban J connectivity index is 1.70. The number of benzene rings is 1. The SMILES string of the molecule is COc1cc2c(cc1OC)C1=[N+](CC2)C[C@H]2C[C@]3(Br)C=C[C@]12O3. The molecule has 0 amide bonds. The van der Waals surface area contributed by atoms with E-state index < -0.39 is 0 Å². The van der Waals surface area contributed by atoms with Crippen molar-refractivity contribution in [1.82, 2.24) is 0 Å². The summed E-state index contributed by atoms with van der Waals surface area (Å²) in [5.41, 5.74) is 3.59. The molecular weight excluding hydrogens is 358 g/mol. The lowest BCUT2D eigenvalue weighted by Crippen LogP contribution is -2.41. The zero-order valence-corrected chi connectivity index (χ0v) is 14.9. The second kappa shape index (κ2) is 4.39. The van der Waals surface area contributed by atoms with Crippen LogP contribution >= 0.6 is 15.9 Å². The Kier molecular flexibility index (Phi) is 2.68. The van der Waals surface area contributed by atoms with Gasteiger partial charge in [-0.2, -0.15) is 0 Å². The van der Waals surface area contributed by atoms with Crippen LogP contribution in [-0.2, 0) is 11.2 Å². The lowest BCUT2D eigenvalue weighted by Gasteiger charge is -2.24. The van der Waals surface area contributed by atoms with Gasteiger partial charge in [-0.05, 0) is 45.8 Å². The number of halogens is 1. The van der Waals surface area contributed by atoms with Crippen molar-refractivity contribution in [2.24, 2.45) is 5.92 Å². The van der Waals surface area contributed by atoms with Gasteiger partial charge in [-0.3, -0.25) is 0 Å². The maximum atomic E-state index is 6.48. The van der Waals surface area contributed by atoms with Gasteiger partial charge >= 0.3 is 0 Å². The molecule has 5 rings (SSSR count). The smallest absolute Gasteiger partial charge is 0.220 e. The van der Waals surface area contributed by atoms with E-state index in [1.54, 1.807) is 14.2 Å². The van der Waals surface area contributed by atoms with Gasteiger partial charge < -0.3 is 14.2 Å². The van der Waals surface area contributed by atoms with Crippen molar-refractivity contribution in [3.63, 3.8) is 0 Å². The van der Waals surface area contributed by atoms with Crippen LogP contribution in [0.4, 0.5) is 0 Å². The quantitative estimate of drug-likeness (QED) is 0.451. The van der Waals surface area contributed by atoms with Crippen LogP contribution in [0.2, 0.25) is 0 Å². The Morgan fingerprint density at radius 3 is 2.74 bits per heavy atom. The van der Waals surface area contributed by atoms with E-state index in [0.29, 0.717) is 5.92 Å². The Bertz CT molecular complexity index is 787. The molecule has 120 valence electrons. The minimum atomic E-state index is -0.279. The monoisotopic (exact) mass is 376 g/mol. The van der Waals surface area contributed by atoms with Crippen LogP contribution in [0.25, 0.3) is 0 Å². The topological polar surface area (TPSA) is 30.7 Å². The maximum Gasteiger partial charge on any atom is 0.220 e. The first-order valence-corrected chi connectivity index (χ1v) is 8.85. The summed E-state index contributed by atoms with van der Waals surface area (Å²) < 4.78 is 19.7. The summed E-state index contributed by atoms with van der Waals surface area (Å²) >= 11 is 3.76. The normalized spacial score (nSPS) is 36.0. The average molecular weight is 377 g/mol. The van der Waals surface area contributed by atoms with E-state index in [0.717, 1.165) is 37.4 Å². The largest absolute Gasteiger partial charge is 0.493 e. The first-order valence-electron chi connectivity index (χ1n) is 8.06. The standard InChI is InChI=1S/C18H19BrNO3/c1-21-14-7-11-3-6-20-10-12-9-17(19)4-5-18(12,23-17)16(20)13(11)8-15(14)22-2/h4-5,7-8,12H,3,6,9-10H2,1-2H3/q+1/t12-,17+,18-/m1/s1. The number of hydrogen-bond donors (Lipinski definition) is 0. The van der Waals surface area contributed by atoms with E-state index in [2.05, 4.69) is 44.8 Å². The summed E-state index contributed by atoms with van der Waals surface area (Å²) in [6, 6.07) is 4.24. The van der Waals surface area contributed by atoms with Crippen LogP contribution in [0.5, 0.6) is 11.5 Å². The highest BCUT2D eigenvalue weighted by Crippen LogP contribution is 2.57. The third-order valence-corrected chi connectivity index (χ3v) is 6.44. The van der Waals surface area contributed by atoms with E-state index in [-0.39, 0.29) is 10.1 Å². The lowest BCUT2D eigenvalue weighted by molar-refractivity contribution is -0.525. The molecule has 0 unspecified atom stereocenters. The van der Waals surface area contributed by atoms with Gasteiger partial charge in [0.05, 0.1) is 25.7 Å². The molecule has 1 spiro atoms. The predicted octanol–water partition coefficient (Wildman–Crippen LogP) is 2.51. The van der Waals surface area contributed by atoms with Gasteiger partial charge in [0.2, 0.25) is 5.71 Å². The van der Waals surface area contributed by atoms with E-state index >= 15 is 0 Å². The van der Waals surface area contributed by atoms with Crippen molar-refractivity contribution < 1.29 is 18.8 Å².